The Morgan fingerprint density at radius 3 is 2.74 bits per heavy atom. The summed E-state index contributed by atoms with van der Waals surface area (Å²) in [6.45, 7) is 2.47. The number of nitrogens with one attached hydrogen (secondary N) is 1. The van der Waals surface area contributed by atoms with Crippen LogP contribution in [0.1, 0.15) is 21.6 Å². The number of nitrogens with zero attached hydrogens (tertiary/aromatic N) is 3. The molecule has 136 valence electrons. The molecule has 4 aromatic rings. The van der Waals surface area contributed by atoms with Gasteiger partial charge in [0.25, 0.3) is 5.91 Å². The average molecular weight is 397 g/mol. The van der Waals surface area contributed by atoms with Crippen molar-refractivity contribution in [2.24, 2.45) is 0 Å². The zero-order valence-electron chi connectivity index (χ0n) is 14.6. The highest BCUT2D eigenvalue weighted by atomic mass is 35.5. The Balaban J connectivity index is 1.46. The van der Waals surface area contributed by atoms with Gasteiger partial charge in [-0.15, -0.1) is 16.4 Å². The van der Waals surface area contributed by atoms with E-state index in [1.165, 1.54) is 0 Å². The van der Waals surface area contributed by atoms with Crippen LogP contribution in [0.15, 0.2) is 53.9 Å². The number of carbonyl (C=O) groups excluding carboxylic acids is 1. The number of halogens is 1. The van der Waals surface area contributed by atoms with Gasteiger partial charge in [-0.25, -0.2) is 4.52 Å². The maximum absolute atomic E-state index is 12.3. The van der Waals surface area contributed by atoms with Gasteiger partial charge in [0.05, 0.1) is 5.69 Å². The van der Waals surface area contributed by atoms with Crippen LogP contribution in [0.4, 0.5) is 0 Å². The second kappa shape index (κ2) is 7.50. The van der Waals surface area contributed by atoms with Gasteiger partial charge in [-0.2, -0.15) is 4.98 Å². The lowest BCUT2D eigenvalue weighted by Gasteiger charge is -2.07. The average Bonchev–Trinajstić information content (AvgIpc) is 3.24. The highest BCUT2D eigenvalue weighted by Gasteiger charge is 2.12. The molecule has 0 radical (unpaired) electrons. The molecule has 0 saturated carbocycles. The molecule has 0 spiro atoms. The second-order valence-electron chi connectivity index (χ2n) is 6.18. The second-order valence-corrected chi connectivity index (χ2v) is 7.46. The SMILES string of the molecule is Cc1ccccc1C(=O)NCCc1csc2nc(-c3ccc(Cl)cc3)nn12. The van der Waals surface area contributed by atoms with Crippen LogP contribution in [-0.4, -0.2) is 27.0 Å². The molecule has 27 heavy (non-hydrogen) atoms. The number of thiazole rings is 1. The molecule has 1 N–H and O–H groups in total. The molecule has 0 fully saturated rings. The van der Waals surface area contributed by atoms with E-state index in [-0.39, 0.29) is 5.91 Å². The normalized spacial score (nSPS) is 11.0. The van der Waals surface area contributed by atoms with Crippen LogP contribution in [-0.2, 0) is 6.42 Å². The van der Waals surface area contributed by atoms with E-state index in [1.807, 2.05) is 65.4 Å². The summed E-state index contributed by atoms with van der Waals surface area (Å²) in [5.41, 5.74) is 3.62. The van der Waals surface area contributed by atoms with E-state index in [0.29, 0.717) is 29.4 Å². The number of aromatic nitrogens is 3. The Kier molecular flexibility index (Phi) is 4.92. The number of hydrogen-bond donors (Lipinski definition) is 1. The number of hydrogen-bond acceptors (Lipinski definition) is 4. The molecule has 5 nitrogen and oxygen atoms in total. The molecule has 2 heterocycles. The lowest BCUT2D eigenvalue weighted by molar-refractivity contribution is 0.0953. The summed E-state index contributed by atoms with van der Waals surface area (Å²) in [7, 11) is 0. The van der Waals surface area contributed by atoms with E-state index in [4.69, 9.17) is 11.6 Å². The van der Waals surface area contributed by atoms with E-state index < -0.39 is 0 Å². The fourth-order valence-electron chi connectivity index (χ4n) is 2.84. The van der Waals surface area contributed by atoms with Gasteiger partial charge < -0.3 is 5.32 Å². The van der Waals surface area contributed by atoms with Crippen molar-refractivity contribution in [1.82, 2.24) is 19.9 Å². The van der Waals surface area contributed by atoms with Crippen molar-refractivity contribution in [2.45, 2.75) is 13.3 Å². The van der Waals surface area contributed by atoms with Crippen LogP contribution in [0.2, 0.25) is 5.02 Å². The summed E-state index contributed by atoms with van der Waals surface area (Å²) in [6, 6.07) is 15.0. The standard InChI is InChI=1S/C20H17ClN4OS/c1-13-4-2-3-5-17(13)19(26)22-11-10-16-12-27-20-23-18(24-25(16)20)14-6-8-15(21)9-7-14/h2-9,12H,10-11H2,1H3,(H,22,26). The summed E-state index contributed by atoms with van der Waals surface area (Å²) in [4.78, 5) is 17.7. The molecule has 0 saturated heterocycles. The van der Waals surface area contributed by atoms with E-state index in [9.17, 15) is 4.79 Å². The van der Waals surface area contributed by atoms with Crippen molar-refractivity contribution < 1.29 is 4.79 Å². The quantitative estimate of drug-likeness (QED) is 0.544. The molecular weight excluding hydrogens is 380 g/mol. The molecule has 0 aliphatic rings. The van der Waals surface area contributed by atoms with Crippen LogP contribution < -0.4 is 5.32 Å². The van der Waals surface area contributed by atoms with Gasteiger partial charge in [-0.3, -0.25) is 4.79 Å². The minimum absolute atomic E-state index is 0.0555. The van der Waals surface area contributed by atoms with E-state index in [2.05, 4.69) is 15.4 Å². The van der Waals surface area contributed by atoms with Gasteiger partial charge in [0.1, 0.15) is 0 Å². The summed E-state index contributed by atoms with van der Waals surface area (Å²) < 4.78 is 1.84. The minimum Gasteiger partial charge on any atom is -0.352 e. The fraction of sp³-hybridized carbons (Fsp3) is 0.150. The van der Waals surface area contributed by atoms with Crippen molar-refractivity contribution >= 4 is 33.8 Å². The summed E-state index contributed by atoms with van der Waals surface area (Å²) in [5.74, 6) is 0.615. The first-order valence-electron chi connectivity index (χ1n) is 8.55. The molecule has 4 rings (SSSR count). The third-order valence-corrected chi connectivity index (χ3v) is 5.43. The molecular formula is C20H17ClN4OS. The lowest BCUT2D eigenvalue weighted by atomic mass is 10.1. The lowest BCUT2D eigenvalue weighted by Crippen LogP contribution is -2.26. The highest BCUT2D eigenvalue weighted by molar-refractivity contribution is 7.15. The highest BCUT2D eigenvalue weighted by Crippen LogP contribution is 2.22. The van der Waals surface area contributed by atoms with Crippen LogP contribution >= 0.6 is 22.9 Å². The Bertz CT molecular complexity index is 1100. The number of carbonyl (C=O) groups is 1. The van der Waals surface area contributed by atoms with Gasteiger partial charge in [0, 0.05) is 34.5 Å². The first kappa shape index (κ1) is 17.7. The third-order valence-electron chi connectivity index (χ3n) is 4.31. The van der Waals surface area contributed by atoms with Gasteiger partial charge in [0.15, 0.2) is 5.82 Å². The van der Waals surface area contributed by atoms with Crippen LogP contribution in [0.5, 0.6) is 0 Å². The number of benzene rings is 2. The number of amides is 1. The molecule has 0 unspecified atom stereocenters. The van der Waals surface area contributed by atoms with Crippen molar-refractivity contribution in [3.63, 3.8) is 0 Å². The zero-order chi connectivity index (χ0) is 18.8. The van der Waals surface area contributed by atoms with Crippen LogP contribution in [0.25, 0.3) is 16.3 Å². The van der Waals surface area contributed by atoms with Crippen molar-refractivity contribution in [3.05, 3.63) is 75.8 Å². The Hall–Kier alpha value is -2.70. The molecule has 0 atom stereocenters. The van der Waals surface area contributed by atoms with E-state index >= 15 is 0 Å². The predicted octanol–water partition coefficient (Wildman–Crippen LogP) is 4.39. The van der Waals surface area contributed by atoms with Crippen molar-refractivity contribution in [1.29, 1.82) is 0 Å². The summed E-state index contributed by atoms with van der Waals surface area (Å²) in [6.07, 6.45) is 0.682. The largest absolute Gasteiger partial charge is 0.352 e. The van der Waals surface area contributed by atoms with Crippen molar-refractivity contribution in [2.75, 3.05) is 6.54 Å². The fourth-order valence-corrected chi connectivity index (χ4v) is 3.83. The minimum atomic E-state index is -0.0555. The Morgan fingerprint density at radius 1 is 1.19 bits per heavy atom. The number of aryl methyl sites for hydroxylation is 1. The van der Waals surface area contributed by atoms with E-state index in [0.717, 1.165) is 21.8 Å². The zero-order valence-corrected chi connectivity index (χ0v) is 16.2. The molecule has 0 aliphatic heterocycles. The Morgan fingerprint density at radius 2 is 1.96 bits per heavy atom. The maximum Gasteiger partial charge on any atom is 0.251 e. The first-order chi connectivity index (χ1) is 13.1. The summed E-state index contributed by atoms with van der Waals surface area (Å²) in [5, 5.41) is 10.3. The van der Waals surface area contributed by atoms with Gasteiger partial charge >= 0.3 is 0 Å². The van der Waals surface area contributed by atoms with Crippen LogP contribution in [0.3, 0.4) is 0 Å². The molecule has 1 amide bonds. The molecule has 0 aliphatic carbocycles. The monoisotopic (exact) mass is 396 g/mol. The predicted molar refractivity (Wildman–Crippen MR) is 109 cm³/mol. The smallest absolute Gasteiger partial charge is 0.251 e. The van der Waals surface area contributed by atoms with Gasteiger partial charge in [0.2, 0.25) is 4.96 Å². The van der Waals surface area contributed by atoms with Gasteiger partial charge in [-0.1, -0.05) is 29.8 Å². The van der Waals surface area contributed by atoms with Crippen molar-refractivity contribution in [3.8, 4) is 11.4 Å². The summed E-state index contributed by atoms with van der Waals surface area (Å²) >= 11 is 7.48. The van der Waals surface area contributed by atoms with Crippen LogP contribution in [0, 0.1) is 6.92 Å². The van der Waals surface area contributed by atoms with E-state index in [1.54, 1.807) is 11.3 Å². The topological polar surface area (TPSA) is 59.3 Å². The third kappa shape index (κ3) is 3.72. The molecule has 0 bridgehead atoms. The maximum atomic E-state index is 12.3. The number of fused-ring (bicyclic) bond motifs is 1. The first-order valence-corrected chi connectivity index (χ1v) is 9.80. The van der Waals surface area contributed by atoms with Gasteiger partial charge in [-0.05, 0) is 42.8 Å². The Labute approximate surface area is 165 Å². The molecule has 2 aromatic carbocycles. The molecule has 2 aromatic heterocycles. The molecule has 7 heteroatoms. The number of rotatable bonds is 5.